The number of hydrogen-bond donors (Lipinski definition) is 1. The Kier molecular flexibility index (Phi) is 3.93. The van der Waals surface area contributed by atoms with Crippen LogP contribution in [0.15, 0.2) is 16.6 Å². The lowest BCUT2D eigenvalue weighted by molar-refractivity contribution is 0.449. The molecule has 0 saturated carbocycles. The van der Waals surface area contributed by atoms with Crippen molar-refractivity contribution in [1.82, 2.24) is 5.32 Å². The Morgan fingerprint density at radius 1 is 1.50 bits per heavy atom. The summed E-state index contributed by atoms with van der Waals surface area (Å²) >= 11 is 5.23. The quantitative estimate of drug-likeness (QED) is 0.848. The second-order valence-corrected chi connectivity index (χ2v) is 6.01. The van der Waals surface area contributed by atoms with Crippen molar-refractivity contribution in [3.8, 4) is 0 Å². The van der Waals surface area contributed by atoms with Crippen LogP contribution >= 0.6 is 27.7 Å². The van der Waals surface area contributed by atoms with E-state index in [-0.39, 0.29) is 5.82 Å². The Balaban J connectivity index is 2.52. The first kappa shape index (κ1) is 12.4. The van der Waals surface area contributed by atoms with Crippen LogP contribution in [-0.4, -0.2) is 12.8 Å². The zero-order valence-corrected chi connectivity index (χ0v) is 11.8. The van der Waals surface area contributed by atoms with Crippen LogP contribution in [0.2, 0.25) is 0 Å². The molecule has 0 amide bonds. The fourth-order valence-corrected chi connectivity index (χ4v) is 4.12. The highest BCUT2D eigenvalue weighted by atomic mass is 79.9. The molecule has 0 aliphatic carbocycles. The third-order valence-electron chi connectivity index (χ3n) is 3.07. The largest absolute Gasteiger partial charge is 0.313 e. The van der Waals surface area contributed by atoms with Crippen LogP contribution in [0.5, 0.6) is 0 Å². The summed E-state index contributed by atoms with van der Waals surface area (Å²) in [5, 5.41) is 3.34. The number of hydrogen-bond acceptors (Lipinski definition) is 2. The number of fused-ring (bicyclic) bond motifs is 1. The molecule has 1 heterocycles. The van der Waals surface area contributed by atoms with Gasteiger partial charge in [-0.3, -0.25) is 0 Å². The lowest BCUT2D eigenvalue weighted by Gasteiger charge is -2.23. The van der Waals surface area contributed by atoms with E-state index in [1.807, 2.05) is 24.9 Å². The predicted molar refractivity (Wildman–Crippen MR) is 71.2 cm³/mol. The van der Waals surface area contributed by atoms with E-state index >= 15 is 0 Å². The van der Waals surface area contributed by atoms with Crippen molar-refractivity contribution in [2.75, 3.05) is 12.8 Å². The molecule has 16 heavy (non-hydrogen) atoms. The highest BCUT2D eigenvalue weighted by Gasteiger charge is 2.25. The molecule has 2 unspecified atom stereocenters. The molecule has 0 radical (unpaired) electrons. The molecule has 4 heteroatoms. The Labute approximate surface area is 108 Å². The third kappa shape index (κ3) is 2.15. The summed E-state index contributed by atoms with van der Waals surface area (Å²) in [6.45, 7) is 2.24. The summed E-state index contributed by atoms with van der Waals surface area (Å²) in [5.41, 5.74) is 2.34. The lowest BCUT2D eigenvalue weighted by atomic mass is 9.93. The van der Waals surface area contributed by atoms with Gasteiger partial charge in [-0.2, -0.15) is 11.8 Å². The monoisotopic (exact) mass is 303 g/mol. The van der Waals surface area contributed by atoms with Gasteiger partial charge in [-0.1, -0.05) is 13.0 Å². The first-order valence-electron chi connectivity index (χ1n) is 5.37. The summed E-state index contributed by atoms with van der Waals surface area (Å²) < 4.78 is 14.1. The summed E-state index contributed by atoms with van der Waals surface area (Å²) in [6.07, 6.45) is 0. The average Bonchev–Trinajstić information content (AvgIpc) is 2.42. The third-order valence-corrected chi connectivity index (χ3v) is 5.19. The fourth-order valence-electron chi connectivity index (χ4n) is 2.24. The van der Waals surface area contributed by atoms with E-state index in [2.05, 4.69) is 28.2 Å². The summed E-state index contributed by atoms with van der Waals surface area (Å²) in [5.74, 6) is 2.39. The van der Waals surface area contributed by atoms with Gasteiger partial charge in [-0.15, -0.1) is 0 Å². The molecule has 1 aliphatic rings. The molecule has 0 bridgehead atoms. The highest BCUT2D eigenvalue weighted by molar-refractivity contribution is 9.10. The maximum absolute atomic E-state index is 13.5. The van der Waals surface area contributed by atoms with E-state index in [0.29, 0.717) is 16.4 Å². The average molecular weight is 304 g/mol. The van der Waals surface area contributed by atoms with Gasteiger partial charge >= 0.3 is 0 Å². The molecule has 0 aromatic heterocycles. The maximum atomic E-state index is 13.5. The second-order valence-electron chi connectivity index (χ2n) is 4.19. The molecule has 1 aromatic rings. The topological polar surface area (TPSA) is 12.0 Å². The van der Waals surface area contributed by atoms with Gasteiger partial charge in [0.15, 0.2) is 0 Å². The van der Waals surface area contributed by atoms with E-state index in [1.165, 1.54) is 5.56 Å². The van der Waals surface area contributed by atoms with Gasteiger partial charge in [0, 0.05) is 11.8 Å². The maximum Gasteiger partial charge on any atom is 0.137 e. The summed E-state index contributed by atoms with van der Waals surface area (Å²) in [4.78, 5) is 0. The normalized spacial score (nSPS) is 25.0. The minimum Gasteiger partial charge on any atom is -0.313 e. The lowest BCUT2D eigenvalue weighted by Crippen LogP contribution is -2.24. The van der Waals surface area contributed by atoms with E-state index in [9.17, 15) is 4.39 Å². The van der Waals surface area contributed by atoms with Crippen molar-refractivity contribution in [1.29, 1.82) is 0 Å². The Bertz CT molecular complexity index is 397. The summed E-state index contributed by atoms with van der Waals surface area (Å²) in [7, 11) is 1.97. The number of nitrogens with one attached hydrogen (secondary N) is 1. The van der Waals surface area contributed by atoms with Gasteiger partial charge in [-0.25, -0.2) is 4.39 Å². The Morgan fingerprint density at radius 2 is 2.25 bits per heavy atom. The molecule has 0 spiro atoms. The SMILES string of the molecule is CNC1c2ccc(F)c(Br)c2CSCC1C. The van der Waals surface area contributed by atoms with Crippen molar-refractivity contribution in [2.24, 2.45) is 5.92 Å². The zero-order valence-electron chi connectivity index (χ0n) is 9.39. The van der Waals surface area contributed by atoms with E-state index in [4.69, 9.17) is 0 Å². The molecule has 1 aliphatic heterocycles. The first-order valence-corrected chi connectivity index (χ1v) is 7.31. The number of rotatable bonds is 1. The molecule has 1 N–H and O–H groups in total. The molecule has 2 rings (SSSR count). The van der Waals surface area contributed by atoms with Crippen molar-refractivity contribution in [3.63, 3.8) is 0 Å². The molecule has 0 fully saturated rings. The van der Waals surface area contributed by atoms with Crippen LogP contribution in [-0.2, 0) is 5.75 Å². The minimum atomic E-state index is -0.163. The van der Waals surface area contributed by atoms with Crippen LogP contribution in [0.1, 0.15) is 24.1 Å². The number of benzene rings is 1. The van der Waals surface area contributed by atoms with Crippen LogP contribution in [0, 0.1) is 11.7 Å². The fraction of sp³-hybridized carbons (Fsp3) is 0.500. The van der Waals surface area contributed by atoms with Crippen LogP contribution < -0.4 is 5.32 Å². The highest BCUT2D eigenvalue weighted by Crippen LogP contribution is 2.38. The molecule has 0 saturated heterocycles. The Hall–Kier alpha value is -0.0600. The van der Waals surface area contributed by atoms with Gasteiger partial charge in [0.1, 0.15) is 5.82 Å². The van der Waals surface area contributed by atoms with Crippen molar-refractivity contribution < 1.29 is 4.39 Å². The zero-order chi connectivity index (χ0) is 11.7. The van der Waals surface area contributed by atoms with Crippen LogP contribution in [0.25, 0.3) is 0 Å². The predicted octanol–water partition coefficient (Wildman–Crippen LogP) is 3.73. The van der Waals surface area contributed by atoms with Crippen molar-refractivity contribution in [2.45, 2.75) is 18.7 Å². The molecular weight excluding hydrogens is 289 g/mol. The van der Waals surface area contributed by atoms with E-state index in [1.54, 1.807) is 6.07 Å². The van der Waals surface area contributed by atoms with Crippen molar-refractivity contribution >= 4 is 27.7 Å². The van der Waals surface area contributed by atoms with Crippen LogP contribution in [0.3, 0.4) is 0 Å². The molecule has 88 valence electrons. The van der Waals surface area contributed by atoms with E-state index < -0.39 is 0 Å². The molecule has 2 atom stereocenters. The Morgan fingerprint density at radius 3 is 2.94 bits per heavy atom. The second kappa shape index (κ2) is 5.07. The standard InChI is InChI=1S/C12H15BrFNS/c1-7-5-16-6-9-8(12(7)15-2)3-4-10(14)11(9)13/h3-4,7,12,15H,5-6H2,1-2H3. The number of halogens is 2. The van der Waals surface area contributed by atoms with Gasteiger partial charge < -0.3 is 5.32 Å². The van der Waals surface area contributed by atoms with Gasteiger partial charge in [-0.05, 0) is 51.8 Å². The number of thioether (sulfide) groups is 1. The molecular formula is C12H15BrFNS. The van der Waals surface area contributed by atoms with Crippen molar-refractivity contribution in [3.05, 3.63) is 33.5 Å². The van der Waals surface area contributed by atoms with Gasteiger partial charge in [0.2, 0.25) is 0 Å². The van der Waals surface area contributed by atoms with Gasteiger partial charge in [0.05, 0.1) is 4.47 Å². The molecule has 1 aromatic carbocycles. The van der Waals surface area contributed by atoms with E-state index in [0.717, 1.165) is 17.1 Å². The minimum absolute atomic E-state index is 0.163. The first-order chi connectivity index (χ1) is 7.65. The molecule has 1 nitrogen and oxygen atoms in total. The van der Waals surface area contributed by atoms with Crippen LogP contribution in [0.4, 0.5) is 4.39 Å². The van der Waals surface area contributed by atoms with Gasteiger partial charge in [0.25, 0.3) is 0 Å². The summed E-state index contributed by atoms with van der Waals surface area (Å²) in [6, 6.07) is 3.79. The smallest absolute Gasteiger partial charge is 0.137 e.